The minimum atomic E-state index is -0.404. The van der Waals surface area contributed by atoms with Crippen molar-refractivity contribution in [3.63, 3.8) is 0 Å². The number of nitrogen functional groups attached to an aromatic ring is 1. The van der Waals surface area contributed by atoms with Crippen LogP contribution < -0.4 is 11.1 Å². The molecule has 2 aliphatic heterocycles. The van der Waals surface area contributed by atoms with Crippen molar-refractivity contribution in [2.24, 2.45) is 0 Å². The Bertz CT molecular complexity index is 536. The lowest BCUT2D eigenvalue weighted by Crippen LogP contribution is -2.51. The number of hydrogen-bond acceptors (Lipinski definition) is 4. The predicted octanol–water partition coefficient (Wildman–Crippen LogP) is 1.13. The summed E-state index contributed by atoms with van der Waals surface area (Å²) in [7, 11) is 0. The average Bonchev–Trinajstić information content (AvgIpc) is 2.90. The van der Waals surface area contributed by atoms with E-state index in [4.69, 9.17) is 5.73 Å². The van der Waals surface area contributed by atoms with Crippen LogP contribution in [0.5, 0.6) is 0 Å². The lowest BCUT2D eigenvalue weighted by molar-refractivity contribution is -0.117. The van der Waals surface area contributed by atoms with Crippen molar-refractivity contribution in [1.82, 2.24) is 9.80 Å². The van der Waals surface area contributed by atoms with Crippen molar-refractivity contribution in [3.8, 4) is 0 Å². The lowest BCUT2D eigenvalue weighted by atomic mass is 10.1. The van der Waals surface area contributed by atoms with Gasteiger partial charge in [0, 0.05) is 25.7 Å². The molecule has 5 nitrogen and oxygen atoms in total. The highest BCUT2D eigenvalue weighted by Crippen LogP contribution is 2.22. The fraction of sp³-hybridized carbons (Fsp3) is 0.533. The molecule has 0 aliphatic carbocycles. The number of carbonyl (C=O) groups is 1. The topological polar surface area (TPSA) is 61.6 Å². The van der Waals surface area contributed by atoms with Gasteiger partial charge in [0.25, 0.3) is 0 Å². The summed E-state index contributed by atoms with van der Waals surface area (Å²) in [6.45, 7) is 4.39. The normalized spacial score (nSPS) is 23.0. The summed E-state index contributed by atoms with van der Waals surface area (Å²) in [5.41, 5.74) is 6.47. The van der Waals surface area contributed by atoms with Crippen molar-refractivity contribution in [2.75, 3.05) is 43.8 Å². The second-order valence-corrected chi connectivity index (χ2v) is 5.85. The van der Waals surface area contributed by atoms with E-state index in [1.807, 2.05) is 0 Å². The second-order valence-electron chi connectivity index (χ2n) is 5.85. The lowest BCUT2D eigenvalue weighted by Gasteiger charge is -2.37. The molecule has 1 unspecified atom stereocenters. The van der Waals surface area contributed by atoms with Gasteiger partial charge >= 0.3 is 0 Å². The summed E-state index contributed by atoms with van der Waals surface area (Å²) in [6, 6.07) is 4.58. The quantitative estimate of drug-likeness (QED) is 0.820. The van der Waals surface area contributed by atoms with E-state index < -0.39 is 5.82 Å². The molecule has 1 amide bonds. The van der Waals surface area contributed by atoms with Crippen molar-refractivity contribution in [3.05, 3.63) is 24.0 Å². The van der Waals surface area contributed by atoms with E-state index in [9.17, 15) is 9.18 Å². The van der Waals surface area contributed by atoms with Gasteiger partial charge in [0.1, 0.15) is 5.82 Å². The highest BCUT2D eigenvalue weighted by Gasteiger charge is 2.31. The summed E-state index contributed by atoms with van der Waals surface area (Å²) < 4.78 is 13.2. The van der Waals surface area contributed by atoms with Gasteiger partial charge in [0.05, 0.1) is 17.9 Å². The number of anilines is 2. The van der Waals surface area contributed by atoms with Crippen LogP contribution in [0.3, 0.4) is 0 Å². The molecule has 0 radical (unpaired) electrons. The maximum Gasteiger partial charge on any atom is 0.238 e. The summed E-state index contributed by atoms with van der Waals surface area (Å²) >= 11 is 0. The van der Waals surface area contributed by atoms with Gasteiger partial charge in [-0.1, -0.05) is 0 Å². The van der Waals surface area contributed by atoms with Gasteiger partial charge in [0.2, 0.25) is 5.91 Å². The molecule has 1 aromatic rings. The molecule has 1 atom stereocenters. The molecule has 21 heavy (non-hydrogen) atoms. The van der Waals surface area contributed by atoms with Gasteiger partial charge in [-0.2, -0.15) is 0 Å². The molecule has 0 spiro atoms. The summed E-state index contributed by atoms with van der Waals surface area (Å²) in [5, 5.41) is 2.70. The highest BCUT2D eigenvalue weighted by atomic mass is 19.1. The molecular weight excluding hydrogens is 271 g/mol. The van der Waals surface area contributed by atoms with Gasteiger partial charge in [-0.05, 0) is 37.6 Å². The standard InChI is InChI=1S/C15H21FN4O/c16-11-3-4-13(17)14(8-11)18-15(21)10-19-6-7-20-5-1-2-12(20)9-19/h3-4,8,12H,1-2,5-7,9-10,17H2,(H,18,21). The van der Waals surface area contributed by atoms with E-state index >= 15 is 0 Å². The van der Waals surface area contributed by atoms with Gasteiger partial charge in [0.15, 0.2) is 0 Å². The third-order valence-electron chi connectivity index (χ3n) is 4.33. The fourth-order valence-electron chi connectivity index (χ4n) is 3.23. The maximum absolute atomic E-state index is 13.2. The number of nitrogens with one attached hydrogen (secondary N) is 1. The Labute approximate surface area is 123 Å². The SMILES string of the molecule is Nc1ccc(F)cc1NC(=O)CN1CCN2CCCC2C1. The van der Waals surface area contributed by atoms with E-state index in [0.717, 1.165) is 19.6 Å². The first kappa shape index (κ1) is 14.3. The molecule has 114 valence electrons. The number of rotatable bonds is 3. The highest BCUT2D eigenvalue weighted by molar-refractivity contribution is 5.95. The van der Waals surface area contributed by atoms with E-state index in [1.54, 1.807) is 0 Å². The van der Waals surface area contributed by atoms with Crippen LogP contribution in [0.2, 0.25) is 0 Å². The molecule has 3 N–H and O–H groups in total. The summed E-state index contributed by atoms with van der Waals surface area (Å²) in [6.07, 6.45) is 2.47. The van der Waals surface area contributed by atoms with Crippen molar-refractivity contribution in [2.45, 2.75) is 18.9 Å². The zero-order valence-electron chi connectivity index (χ0n) is 12.0. The Balaban J connectivity index is 1.55. The van der Waals surface area contributed by atoms with Crippen LogP contribution in [-0.2, 0) is 4.79 Å². The van der Waals surface area contributed by atoms with Gasteiger partial charge in [-0.3, -0.25) is 14.6 Å². The molecule has 3 rings (SSSR count). The molecule has 0 bridgehead atoms. The smallest absolute Gasteiger partial charge is 0.238 e. The third kappa shape index (κ3) is 3.33. The number of nitrogens with zero attached hydrogens (tertiary/aromatic N) is 2. The molecule has 2 heterocycles. The number of piperazine rings is 1. The molecule has 2 fully saturated rings. The molecule has 2 aliphatic rings. The summed E-state index contributed by atoms with van der Waals surface area (Å²) in [5.74, 6) is -0.544. The van der Waals surface area contributed by atoms with Gasteiger partial charge in [-0.25, -0.2) is 4.39 Å². The van der Waals surface area contributed by atoms with Crippen LogP contribution in [-0.4, -0.2) is 54.5 Å². The van der Waals surface area contributed by atoms with Crippen LogP contribution in [0.4, 0.5) is 15.8 Å². The van der Waals surface area contributed by atoms with Crippen LogP contribution >= 0.6 is 0 Å². The monoisotopic (exact) mass is 292 g/mol. The molecule has 6 heteroatoms. The first-order chi connectivity index (χ1) is 10.1. The number of benzene rings is 1. The first-order valence-electron chi connectivity index (χ1n) is 7.43. The van der Waals surface area contributed by atoms with E-state index in [-0.39, 0.29) is 5.91 Å². The minimum Gasteiger partial charge on any atom is -0.397 e. The third-order valence-corrected chi connectivity index (χ3v) is 4.33. The van der Waals surface area contributed by atoms with E-state index in [0.29, 0.717) is 24.0 Å². The van der Waals surface area contributed by atoms with E-state index in [1.165, 1.54) is 37.6 Å². The summed E-state index contributed by atoms with van der Waals surface area (Å²) in [4.78, 5) is 16.8. The Hall–Kier alpha value is -1.66. The number of fused-ring (bicyclic) bond motifs is 1. The van der Waals surface area contributed by atoms with Crippen molar-refractivity contribution in [1.29, 1.82) is 0 Å². The molecule has 0 aromatic heterocycles. The van der Waals surface area contributed by atoms with Crippen LogP contribution in [0, 0.1) is 5.82 Å². The molecule has 2 saturated heterocycles. The Morgan fingerprint density at radius 3 is 3.10 bits per heavy atom. The number of halogens is 1. The first-order valence-corrected chi connectivity index (χ1v) is 7.43. The van der Waals surface area contributed by atoms with Crippen LogP contribution in [0.15, 0.2) is 18.2 Å². The van der Waals surface area contributed by atoms with Crippen molar-refractivity contribution < 1.29 is 9.18 Å². The zero-order valence-corrected chi connectivity index (χ0v) is 12.0. The van der Waals surface area contributed by atoms with Crippen LogP contribution in [0.1, 0.15) is 12.8 Å². The number of hydrogen-bond donors (Lipinski definition) is 2. The van der Waals surface area contributed by atoms with Gasteiger partial charge < -0.3 is 11.1 Å². The molecular formula is C15H21FN4O. The van der Waals surface area contributed by atoms with Crippen LogP contribution in [0.25, 0.3) is 0 Å². The van der Waals surface area contributed by atoms with Crippen molar-refractivity contribution >= 4 is 17.3 Å². The second kappa shape index (κ2) is 5.99. The number of amides is 1. The molecule has 0 saturated carbocycles. The average molecular weight is 292 g/mol. The van der Waals surface area contributed by atoms with E-state index in [2.05, 4.69) is 15.1 Å². The number of carbonyl (C=O) groups excluding carboxylic acids is 1. The Morgan fingerprint density at radius 2 is 2.24 bits per heavy atom. The minimum absolute atomic E-state index is 0.140. The number of nitrogens with two attached hydrogens (primary N) is 1. The predicted molar refractivity (Wildman–Crippen MR) is 80.5 cm³/mol. The Morgan fingerprint density at radius 1 is 1.38 bits per heavy atom. The fourth-order valence-corrected chi connectivity index (χ4v) is 3.23. The molecule has 1 aromatic carbocycles. The zero-order chi connectivity index (χ0) is 14.8. The largest absolute Gasteiger partial charge is 0.397 e. The maximum atomic E-state index is 13.2. The Kier molecular flexibility index (Phi) is 4.07. The van der Waals surface area contributed by atoms with Gasteiger partial charge in [-0.15, -0.1) is 0 Å².